The van der Waals surface area contributed by atoms with E-state index in [1.165, 1.54) is 0 Å². The average molecular weight is 292 g/mol. The molecule has 1 aliphatic carbocycles. The SMILES string of the molecule is CCNC1CC(Oc2ccc(C)cc2[N+](=O)[O-])C1(C)CC. The van der Waals surface area contributed by atoms with Crippen molar-refractivity contribution in [2.75, 3.05) is 6.54 Å². The molecule has 0 radical (unpaired) electrons. The Morgan fingerprint density at radius 1 is 1.48 bits per heavy atom. The van der Waals surface area contributed by atoms with Crippen LogP contribution in [0.4, 0.5) is 5.69 Å². The standard InChI is InChI=1S/C16H24N2O3/c1-5-16(4)14(17-6-2)10-15(16)21-13-8-7-11(3)9-12(13)18(19)20/h7-9,14-15,17H,5-6,10H2,1-4H3. The Kier molecular flexibility index (Phi) is 4.52. The molecule has 1 N–H and O–H groups in total. The van der Waals surface area contributed by atoms with Crippen molar-refractivity contribution in [2.24, 2.45) is 5.41 Å². The predicted octanol–water partition coefficient (Wildman–Crippen LogP) is 3.45. The molecule has 0 heterocycles. The van der Waals surface area contributed by atoms with E-state index in [4.69, 9.17) is 4.74 Å². The average Bonchev–Trinajstić information content (AvgIpc) is 2.46. The highest BCUT2D eigenvalue weighted by Gasteiger charge is 2.52. The van der Waals surface area contributed by atoms with Crippen LogP contribution in [0, 0.1) is 22.5 Å². The maximum atomic E-state index is 11.2. The van der Waals surface area contributed by atoms with Crippen LogP contribution in [-0.2, 0) is 0 Å². The molecule has 0 bridgehead atoms. The minimum absolute atomic E-state index is 0.0213. The Hall–Kier alpha value is -1.62. The summed E-state index contributed by atoms with van der Waals surface area (Å²) in [6, 6.07) is 5.55. The lowest BCUT2D eigenvalue weighted by atomic mass is 9.61. The van der Waals surface area contributed by atoms with Crippen molar-refractivity contribution in [3.8, 4) is 5.75 Å². The Bertz CT molecular complexity index is 532. The maximum absolute atomic E-state index is 11.2. The van der Waals surface area contributed by atoms with Gasteiger partial charge in [-0.3, -0.25) is 10.1 Å². The summed E-state index contributed by atoms with van der Waals surface area (Å²) >= 11 is 0. The lowest BCUT2D eigenvalue weighted by molar-refractivity contribution is -0.386. The smallest absolute Gasteiger partial charge is 0.311 e. The van der Waals surface area contributed by atoms with Crippen molar-refractivity contribution in [1.82, 2.24) is 5.32 Å². The number of nitrogens with one attached hydrogen (secondary N) is 1. The fourth-order valence-electron chi connectivity index (χ4n) is 3.06. The van der Waals surface area contributed by atoms with E-state index < -0.39 is 0 Å². The Morgan fingerprint density at radius 2 is 2.19 bits per heavy atom. The summed E-state index contributed by atoms with van der Waals surface area (Å²) < 4.78 is 6.00. The minimum Gasteiger partial charge on any atom is -0.483 e. The highest BCUT2D eigenvalue weighted by molar-refractivity contribution is 5.48. The van der Waals surface area contributed by atoms with Gasteiger partial charge in [0.05, 0.1) is 4.92 Å². The first-order valence-corrected chi connectivity index (χ1v) is 7.57. The molecule has 5 nitrogen and oxygen atoms in total. The topological polar surface area (TPSA) is 64.4 Å². The largest absolute Gasteiger partial charge is 0.483 e. The van der Waals surface area contributed by atoms with Crippen LogP contribution in [0.25, 0.3) is 0 Å². The Labute approximate surface area is 125 Å². The van der Waals surface area contributed by atoms with Crippen LogP contribution in [-0.4, -0.2) is 23.6 Å². The lowest BCUT2D eigenvalue weighted by Crippen LogP contribution is -2.63. The van der Waals surface area contributed by atoms with Crippen molar-refractivity contribution in [2.45, 2.75) is 52.7 Å². The highest BCUT2D eigenvalue weighted by atomic mass is 16.6. The zero-order valence-electron chi connectivity index (χ0n) is 13.2. The van der Waals surface area contributed by atoms with Gasteiger partial charge in [0.2, 0.25) is 0 Å². The predicted molar refractivity (Wildman–Crippen MR) is 82.7 cm³/mol. The van der Waals surface area contributed by atoms with E-state index >= 15 is 0 Å². The number of nitro benzene ring substituents is 1. The summed E-state index contributed by atoms with van der Waals surface area (Å²) in [7, 11) is 0. The van der Waals surface area contributed by atoms with Crippen molar-refractivity contribution in [3.05, 3.63) is 33.9 Å². The fraction of sp³-hybridized carbons (Fsp3) is 0.625. The molecule has 3 unspecified atom stereocenters. The third kappa shape index (κ3) is 2.88. The van der Waals surface area contributed by atoms with Gasteiger partial charge in [0.25, 0.3) is 0 Å². The van der Waals surface area contributed by atoms with E-state index in [9.17, 15) is 10.1 Å². The number of rotatable bonds is 6. The molecule has 1 aromatic rings. The summed E-state index contributed by atoms with van der Waals surface area (Å²) in [6.45, 7) is 9.20. The number of nitrogens with zero attached hydrogens (tertiary/aromatic N) is 1. The summed E-state index contributed by atoms with van der Waals surface area (Å²) in [4.78, 5) is 10.8. The third-order valence-corrected chi connectivity index (χ3v) is 4.77. The Balaban J connectivity index is 2.18. The van der Waals surface area contributed by atoms with Crippen LogP contribution >= 0.6 is 0 Å². The zero-order valence-corrected chi connectivity index (χ0v) is 13.2. The zero-order chi connectivity index (χ0) is 15.6. The summed E-state index contributed by atoms with van der Waals surface area (Å²) in [6.07, 6.45) is 1.89. The number of hydrogen-bond donors (Lipinski definition) is 1. The van der Waals surface area contributed by atoms with Gasteiger partial charge in [-0.2, -0.15) is 0 Å². The highest BCUT2D eigenvalue weighted by Crippen LogP contribution is 2.47. The van der Waals surface area contributed by atoms with E-state index in [0.29, 0.717) is 11.8 Å². The Morgan fingerprint density at radius 3 is 2.76 bits per heavy atom. The van der Waals surface area contributed by atoms with Crippen LogP contribution in [0.3, 0.4) is 0 Å². The molecule has 0 amide bonds. The second kappa shape index (κ2) is 6.02. The second-order valence-electron chi connectivity index (χ2n) is 6.04. The molecule has 0 aromatic heterocycles. The van der Waals surface area contributed by atoms with E-state index in [1.807, 2.05) is 13.0 Å². The van der Waals surface area contributed by atoms with Crippen molar-refractivity contribution in [1.29, 1.82) is 0 Å². The molecule has 21 heavy (non-hydrogen) atoms. The molecular formula is C16H24N2O3. The summed E-state index contributed by atoms with van der Waals surface area (Å²) in [5.41, 5.74) is 0.946. The van der Waals surface area contributed by atoms with Crippen LogP contribution < -0.4 is 10.1 Å². The number of benzene rings is 1. The molecule has 1 saturated carbocycles. The minimum atomic E-state index is -0.369. The van der Waals surface area contributed by atoms with Crippen LogP contribution in [0.5, 0.6) is 5.75 Å². The van der Waals surface area contributed by atoms with Crippen molar-refractivity contribution >= 4 is 5.69 Å². The van der Waals surface area contributed by atoms with E-state index in [2.05, 4.69) is 26.1 Å². The monoisotopic (exact) mass is 292 g/mol. The van der Waals surface area contributed by atoms with Gasteiger partial charge in [0.1, 0.15) is 6.10 Å². The normalized spacial score (nSPS) is 28.0. The molecule has 116 valence electrons. The molecule has 2 rings (SSSR count). The van der Waals surface area contributed by atoms with Gasteiger partial charge in [-0.15, -0.1) is 0 Å². The van der Waals surface area contributed by atoms with Gasteiger partial charge >= 0.3 is 5.69 Å². The first kappa shape index (κ1) is 15.8. The lowest BCUT2D eigenvalue weighted by Gasteiger charge is -2.53. The molecule has 1 aromatic carbocycles. The third-order valence-electron chi connectivity index (χ3n) is 4.77. The maximum Gasteiger partial charge on any atom is 0.311 e. The van der Waals surface area contributed by atoms with E-state index in [0.717, 1.165) is 24.9 Å². The summed E-state index contributed by atoms with van der Waals surface area (Å²) in [5.74, 6) is 0.380. The van der Waals surface area contributed by atoms with Gasteiger partial charge in [0.15, 0.2) is 5.75 Å². The number of nitro groups is 1. The molecule has 0 saturated heterocycles. The molecular weight excluding hydrogens is 268 g/mol. The molecule has 0 aliphatic heterocycles. The van der Waals surface area contributed by atoms with Crippen molar-refractivity contribution < 1.29 is 9.66 Å². The molecule has 1 aliphatic rings. The molecule has 1 fully saturated rings. The fourth-order valence-corrected chi connectivity index (χ4v) is 3.06. The quantitative estimate of drug-likeness (QED) is 0.644. The van der Waals surface area contributed by atoms with E-state index in [-0.39, 0.29) is 22.1 Å². The van der Waals surface area contributed by atoms with Crippen LogP contribution in [0.1, 0.15) is 39.2 Å². The van der Waals surface area contributed by atoms with Crippen LogP contribution in [0.2, 0.25) is 0 Å². The first-order chi connectivity index (χ1) is 9.92. The van der Waals surface area contributed by atoms with Gasteiger partial charge in [-0.25, -0.2) is 0 Å². The van der Waals surface area contributed by atoms with Gasteiger partial charge in [-0.1, -0.05) is 26.8 Å². The van der Waals surface area contributed by atoms with E-state index in [1.54, 1.807) is 12.1 Å². The first-order valence-electron chi connectivity index (χ1n) is 7.57. The van der Waals surface area contributed by atoms with Crippen molar-refractivity contribution in [3.63, 3.8) is 0 Å². The van der Waals surface area contributed by atoms with Gasteiger partial charge in [0, 0.05) is 23.9 Å². The number of aryl methyl sites for hydroxylation is 1. The molecule has 3 atom stereocenters. The molecule has 0 spiro atoms. The molecule has 5 heteroatoms. The van der Waals surface area contributed by atoms with Gasteiger partial charge in [-0.05, 0) is 31.5 Å². The van der Waals surface area contributed by atoms with Crippen LogP contribution in [0.15, 0.2) is 18.2 Å². The second-order valence-corrected chi connectivity index (χ2v) is 6.04. The number of hydrogen-bond acceptors (Lipinski definition) is 4. The summed E-state index contributed by atoms with van der Waals surface area (Å²) in [5, 5.41) is 14.6. The number of ether oxygens (including phenoxy) is 1. The van der Waals surface area contributed by atoms with Gasteiger partial charge < -0.3 is 10.1 Å².